The molecule has 0 amide bonds. The lowest BCUT2D eigenvalue weighted by Gasteiger charge is -2.34. The first-order valence-corrected chi connectivity index (χ1v) is 8.05. The summed E-state index contributed by atoms with van der Waals surface area (Å²) in [6, 6.07) is 5.77. The largest absolute Gasteiger partial charge is 0.377 e. The van der Waals surface area contributed by atoms with E-state index >= 15 is 0 Å². The zero-order chi connectivity index (χ0) is 17.3. The lowest BCUT2D eigenvalue weighted by Crippen LogP contribution is -2.39. The summed E-state index contributed by atoms with van der Waals surface area (Å²) in [6.45, 7) is 6.14. The molecular weight excluding hydrogens is 303 g/mol. The van der Waals surface area contributed by atoms with Gasteiger partial charge in [0.25, 0.3) is 0 Å². The van der Waals surface area contributed by atoms with Crippen LogP contribution in [0.3, 0.4) is 0 Å². The van der Waals surface area contributed by atoms with Gasteiger partial charge in [0.2, 0.25) is 0 Å². The Hall–Kier alpha value is -1.86. The molecule has 1 saturated heterocycles. The molecule has 0 saturated carbocycles. The number of hydrogen-bond acceptors (Lipinski definition) is 5. The molecule has 24 heavy (non-hydrogen) atoms. The van der Waals surface area contributed by atoms with Crippen molar-refractivity contribution in [3.05, 3.63) is 24.4 Å². The minimum absolute atomic E-state index is 0.0641. The second kappa shape index (κ2) is 6.57. The van der Waals surface area contributed by atoms with E-state index in [1.165, 1.54) is 0 Å². The number of benzene rings is 1. The van der Waals surface area contributed by atoms with E-state index in [2.05, 4.69) is 24.2 Å². The van der Waals surface area contributed by atoms with Crippen LogP contribution in [0, 0.1) is 5.41 Å². The first kappa shape index (κ1) is 17.0. The SMILES string of the molecule is [B]c1ccc(-c2cn(CC3OCC(C)(C)CO3)nn2)c(N(C)C)c1. The van der Waals surface area contributed by atoms with Crippen LogP contribution in [-0.4, -0.2) is 56.4 Å². The van der Waals surface area contributed by atoms with Gasteiger partial charge in [0.15, 0.2) is 6.29 Å². The van der Waals surface area contributed by atoms with Gasteiger partial charge < -0.3 is 14.4 Å². The Kier molecular flexibility index (Phi) is 4.65. The lowest BCUT2D eigenvalue weighted by molar-refractivity contribution is -0.227. The molecule has 0 bridgehead atoms. The monoisotopic (exact) mass is 326 g/mol. The Bertz CT molecular complexity index is 704. The van der Waals surface area contributed by atoms with E-state index in [0.717, 1.165) is 22.4 Å². The third-order valence-corrected chi connectivity index (χ3v) is 3.97. The highest BCUT2D eigenvalue weighted by molar-refractivity contribution is 6.32. The van der Waals surface area contributed by atoms with Crippen LogP contribution < -0.4 is 10.4 Å². The molecule has 0 atom stereocenters. The van der Waals surface area contributed by atoms with E-state index < -0.39 is 0 Å². The number of nitrogens with zero attached hydrogens (tertiary/aromatic N) is 4. The van der Waals surface area contributed by atoms with Gasteiger partial charge in [-0.3, -0.25) is 0 Å². The summed E-state index contributed by atoms with van der Waals surface area (Å²) in [5.41, 5.74) is 3.59. The van der Waals surface area contributed by atoms with Gasteiger partial charge in [-0.1, -0.05) is 36.7 Å². The smallest absolute Gasteiger partial charge is 0.177 e. The standard InChI is InChI=1S/C17H23BN4O2/c1-17(2)10-23-16(24-11-17)9-22-8-14(19-20-22)13-6-5-12(18)7-15(13)21(3)4/h5-8,16H,9-11H2,1-4H3. The molecule has 0 spiro atoms. The summed E-state index contributed by atoms with van der Waals surface area (Å²) in [7, 11) is 9.85. The normalized spacial score (nSPS) is 17.8. The van der Waals surface area contributed by atoms with Crippen molar-refractivity contribution in [2.24, 2.45) is 5.41 Å². The second-order valence-electron chi connectivity index (χ2n) is 7.21. The third kappa shape index (κ3) is 3.79. The van der Waals surface area contributed by atoms with Crippen LogP contribution in [0.25, 0.3) is 11.3 Å². The summed E-state index contributed by atoms with van der Waals surface area (Å²) in [5, 5.41) is 8.49. The Morgan fingerprint density at radius 2 is 2.00 bits per heavy atom. The van der Waals surface area contributed by atoms with Gasteiger partial charge in [-0.2, -0.15) is 0 Å². The molecule has 3 rings (SSSR count). The van der Waals surface area contributed by atoms with Crippen LogP contribution in [0.2, 0.25) is 0 Å². The summed E-state index contributed by atoms with van der Waals surface area (Å²) in [4.78, 5) is 2.01. The number of hydrogen-bond donors (Lipinski definition) is 0. The Morgan fingerprint density at radius 1 is 1.29 bits per heavy atom. The van der Waals surface area contributed by atoms with Crippen LogP contribution >= 0.6 is 0 Å². The predicted molar refractivity (Wildman–Crippen MR) is 94.6 cm³/mol. The summed E-state index contributed by atoms with van der Waals surface area (Å²) < 4.78 is 13.3. The van der Waals surface area contributed by atoms with E-state index in [-0.39, 0.29) is 11.7 Å². The van der Waals surface area contributed by atoms with E-state index in [0.29, 0.717) is 19.8 Å². The average molecular weight is 326 g/mol. The first-order chi connectivity index (χ1) is 11.3. The molecule has 0 unspecified atom stereocenters. The van der Waals surface area contributed by atoms with Crippen molar-refractivity contribution in [3.63, 3.8) is 0 Å². The van der Waals surface area contributed by atoms with Crippen molar-refractivity contribution in [2.45, 2.75) is 26.7 Å². The highest BCUT2D eigenvalue weighted by atomic mass is 16.7. The van der Waals surface area contributed by atoms with E-state index in [4.69, 9.17) is 17.3 Å². The lowest BCUT2D eigenvalue weighted by atomic mass is 9.93. The van der Waals surface area contributed by atoms with Crippen LogP contribution in [0.15, 0.2) is 24.4 Å². The van der Waals surface area contributed by atoms with Crippen molar-refractivity contribution >= 4 is 19.0 Å². The molecule has 0 aliphatic carbocycles. The summed E-state index contributed by atoms with van der Waals surface area (Å²) in [5.74, 6) is 0. The average Bonchev–Trinajstić information content (AvgIpc) is 2.97. The topological polar surface area (TPSA) is 52.4 Å². The van der Waals surface area contributed by atoms with Crippen molar-refractivity contribution in [1.29, 1.82) is 0 Å². The van der Waals surface area contributed by atoms with Crippen LogP contribution in [0.4, 0.5) is 5.69 Å². The van der Waals surface area contributed by atoms with E-state index in [1.54, 1.807) is 4.68 Å². The fourth-order valence-electron chi connectivity index (χ4n) is 2.63. The highest BCUT2D eigenvalue weighted by Gasteiger charge is 2.28. The third-order valence-electron chi connectivity index (χ3n) is 3.97. The van der Waals surface area contributed by atoms with Crippen LogP contribution in [0.1, 0.15) is 13.8 Å². The van der Waals surface area contributed by atoms with Gasteiger partial charge in [-0.05, 0) is 6.07 Å². The molecule has 1 aliphatic heterocycles. The number of ether oxygens (including phenoxy) is 2. The number of anilines is 1. The molecule has 1 fully saturated rings. The molecule has 0 N–H and O–H groups in total. The Labute approximate surface area is 144 Å². The van der Waals surface area contributed by atoms with Gasteiger partial charge in [-0.15, -0.1) is 5.10 Å². The maximum atomic E-state index is 5.89. The molecule has 126 valence electrons. The maximum Gasteiger partial charge on any atom is 0.177 e. The molecule has 1 aliphatic rings. The van der Waals surface area contributed by atoms with E-state index in [1.807, 2.05) is 43.4 Å². The fourth-order valence-corrected chi connectivity index (χ4v) is 2.63. The number of rotatable bonds is 4. The Balaban J connectivity index is 1.75. The molecule has 2 radical (unpaired) electrons. The van der Waals surface area contributed by atoms with Gasteiger partial charge in [0.1, 0.15) is 13.5 Å². The van der Waals surface area contributed by atoms with E-state index in [9.17, 15) is 0 Å². The minimum Gasteiger partial charge on any atom is -0.377 e. The quantitative estimate of drug-likeness (QED) is 0.791. The van der Waals surface area contributed by atoms with Crippen LogP contribution in [-0.2, 0) is 16.0 Å². The second-order valence-corrected chi connectivity index (χ2v) is 7.21. The first-order valence-electron chi connectivity index (χ1n) is 8.05. The molecule has 1 aromatic carbocycles. The van der Waals surface area contributed by atoms with Crippen molar-refractivity contribution < 1.29 is 9.47 Å². The zero-order valence-electron chi connectivity index (χ0n) is 14.7. The van der Waals surface area contributed by atoms with Crippen molar-refractivity contribution in [2.75, 3.05) is 32.2 Å². The molecular formula is C17H23BN4O2. The molecule has 2 aromatic rings. The molecule has 7 heteroatoms. The number of aromatic nitrogens is 3. The summed E-state index contributed by atoms with van der Waals surface area (Å²) in [6.07, 6.45) is 1.62. The predicted octanol–water partition coefficient (Wildman–Crippen LogP) is 1.20. The van der Waals surface area contributed by atoms with Gasteiger partial charge in [0.05, 0.1) is 26.0 Å². The Morgan fingerprint density at radius 3 is 2.67 bits per heavy atom. The molecule has 6 nitrogen and oxygen atoms in total. The molecule has 2 heterocycles. The van der Waals surface area contributed by atoms with Crippen molar-refractivity contribution in [1.82, 2.24) is 15.0 Å². The fraction of sp³-hybridized carbons (Fsp3) is 0.529. The minimum atomic E-state index is -0.285. The highest BCUT2D eigenvalue weighted by Crippen LogP contribution is 2.27. The molecule has 1 aromatic heterocycles. The summed E-state index contributed by atoms with van der Waals surface area (Å²) >= 11 is 0. The van der Waals surface area contributed by atoms with Crippen LogP contribution in [0.5, 0.6) is 0 Å². The van der Waals surface area contributed by atoms with Gasteiger partial charge in [-0.25, -0.2) is 4.68 Å². The van der Waals surface area contributed by atoms with Gasteiger partial charge >= 0.3 is 0 Å². The maximum absolute atomic E-state index is 5.89. The van der Waals surface area contributed by atoms with Crippen molar-refractivity contribution in [3.8, 4) is 11.3 Å². The van der Waals surface area contributed by atoms with Gasteiger partial charge in [0, 0.05) is 30.8 Å². The zero-order valence-corrected chi connectivity index (χ0v) is 14.7.